The summed E-state index contributed by atoms with van der Waals surface area (Å²) in [4.78, 5) is 14.6. The Balaban J connectivity index is 1.34. The minimum atomic E-state index is -0.486. The maximum Gasteiger partial charge on any atom is 0.254 e. The highest BCUT2D eigenvalue weighted by Crippen LogP contribution is 2.29. The van der Waals surface area contributed by atoms with Gasteiger partial charge < -0.3 is 10.1 Å². The Morgan fingerprint density at radius 3 is 2.57 bits per heavy atom. The fraction of sp³-hybridized carbons (Fsp3) is 0.240. The quantitative estimate of drug-likeness (QED) is 0.658. The average molecular weight is 404 g/mol. The molecule has 1 fully saturated rings. The van der Waals surface area contributed by atoms with Crippen LogP contribution in [-0.4, -0.2) is 37.0 Å². The van der Waals surface area contributed by atoms with Crippen LogP contribution in [-0.2, 0) is 6.54 Å². The number of halogens is 1. The lowest BCUT2D eigenvalue weighted by Crippen LogP contribution is -2.37. The van der Waals surface area contributed by atoms with E-state index >= 15 is 0 Å². The Morgan fingerprint density at radius 2 is 1.80 bits per heavy atom. The van der Waals surface area contributed by atoms with Crippen LogP contribution in [0.2, 0.25) is 0 Å². The zero-order valence-corrected chi connectivity index (χ0v) is 17.0. The molecule has 0 saturated carbocycles. The molecule has 1 saturated heterocycles. The number of hydrogen-bond donors (Lipinski definition) is 1. The second-order valence-electron chi connectivity index (χ2n) is 7.57. The predicted molar refractivity (Wildman–Crippen MR) is 116 cm³/mol. The molecule has 0 aromatic heterocycles. The van der Waals surface area contributed by atoms with Crippen LogP contribution in [0.1, 0.15) is 22.3 Å². The second-order valence-corrected chi connectivity index (χ2v) is 7.57. The van der Waals surface area contributed by atoms with Crippen molar-refractivity contribution in [2.24, 2.45) is 0 Å². The van der Waals surface area contributed by atoms with Gasteiger partial charge >= 0.3 is 0 Å². The maximum absolute atomic E-state index is 13.8. The predicted octanol–water partition coefficient (Wildman–Crippen LogP) is 4.51. The van der Waals surface area contributed by atoms with E-state index in [0.717, 1.165) is 42.9 Å². The summed E-state index contributed by atoms with van der Waals surface area (Å²) < 4.78 is 19.3. The van der Waals surface area contributed by atoms with Gasteiger partial charge in [0.15, 0.2) is 0 Å². The molecule has 5 heteroatoms. The highest BCUT2D eigenvalue weighted by atomic mass is 19.1. The van der Waals surface area contributed by atoms with Crippen LogP contribution < -0.4 is 10.1 Å². The highest BCUT2D eigenvalue weighted by Gasteiger charge is 2.25. The number of ether oxygens (including phenoxy) is 1. The molecule has 30 heavy (non-hydrogen) atoms. The van der Waals surface area contributed by atoms with E-state index in [1.54, 1.807) is 19.2 Å². The van der Waals surface area contributed by atoms with Crippen molar-refractivity contribution >= 4 is 5.91 Å². The number of carbonyl (C=O) groups excluding carboxylic acids is 1. The van der Waals surface area contributed by atoms with Gasteiger partial charge in [0.05, 0.1) is 12.7 Å². The molecule has 1 unspecified atom stereocenters. The third kappa shape index (κ3) is 4.52. The van der Waals surface area contributed by atoms with E-state index in [2.05, 4.69) is 40.5 Å². The Hall–Kier alpha value is -3.18. The van der Waals surface area contributed by atoms with Crippen LogP contribution in [0.25, 0.3) is 11.1 Å². The minimum Gasteiger partial charge on any atom is -0.496 e. The van der Waals surface area contributed by atoms with Gasteiger partial charge in [0.2, 0.25) is 0 Å². The summed E-state index contributed by atoms with van der Waals surface area (Å²) in [6, 6.07) is 22.6. The van der Waals surface area contributed by atoms with Crippen molar-refractivity contribution < 1.29 is 13.9 Å². The molecule has 0 bridgehead atoms. The zero-order valence-electron chi connectivity index (χ0n) is 17.0. The first-order valence-corrected chi connectivity index (χ1v) is 10.1. The van der Waals surface area contributed by atoms with Crippen molar-refractivity contribution in [3.8, 4) is 16.9 Å². The SMILES string of the molecule is COc1ccccc1-c1ccc(CN2CCC(NC(=O)c3ccccc3F)C2)cc1. The average Bonchev–Trinajstić information content (AvgIpc) is 3.21. The van der Waals surface area contributed by atoms with Gasteiger partial charge in [-0.3, -0.25) is 9.69 Å². The number of likely N-dealkylation sites (tertiary alicyclic amines) is 1. The van der Waals surface area contributed by atoms with Gasteiger partial charge in [0.1, 0.15) is 11.6 Å². The summed E-state index contributed by atoms with van der Waals surface area (Å²) in [7, 11) is 1.68. The van der Waals surface area contributed by atoms with Crippen molar-refractivity contribution in [1.29, 1.82) is 0 Å². The standard InChI is InChI=1S/C25H25FN2O2/c1-30-24-9-5-3-6-21(24)19-12-10-18(11-13-19)16-28-15-14-20(17-28)27-25(29)22-7-2-4-8-23(22)26/h2-13,20H,14-17H2,1H3,(H,27,29). The summed E-state index contributed by atoms with van der Waals surface area (Å²) in [5.74, 6) is 0.0272. The monoisotopic (exact) mass is 404 g/mol. The molecule has 1 amide bonds. The zero-order chi connectivity index (χ0) is 20.9. The van der Waals surface area contributed by atoms with Crippen LogP contribution >= 0.6 is 0 Å². The van der Waals surface area contributed by atoms with Crippen molar-refractivity contribution in [3.05, 3.63) is 89.7 Å². The van der Waals surface area contributed by atoms with Crippen LogP contribution in [0, 0.1) is 5.82 Å². The lowest BCUT2D eigenvalue weighted by Gasteiger charge is -2.17. The molecule has 3 aromatic carbocycles. The summed E-state index contributed by atoms with van der Waals surface area (Å²) in [6.07, 6.45) is 0.861. The number of carbonyl (C=O) groups is 1. The third-order valence-electron chi connectivity index (χ3n) is 5.50. The van der Waals surface area contributed by atoms with Gasteiger partial charge in [-0.05, 0) is 35.7 Å². The molecule has 1 N–H and O–H groups in total. The normalized spacial score (nSPS) is 16.4. The molecular weight excluding hydrogens is 379 g/mol. The van der Waals surface area contributed by atoms with Crippen LogP contribution in [0.4, 0.5) is 4.39 Å². The van der Waals surface area contributed by atoms with Gasteiger partial charge in [-0.2, -0.15) is 0 Å². The van der Waals surface area contributed by atoms with Gasteiger partial charge in [-0.25, -0.2) is 4.39 Å². The van der Waals surface area contributed by atoms with E-state index < -0.39 is 5.82 Å². The molecule has 4 nitrogen and oxygen atoms in total. The van der Waals surface area contributed by atoms with Crippen LogP contribution in [0.3, 0.4) is 0 Å². The summed E-state index contributed by atoms with van der Waals surface area (Å²) in [5, 5.41) is 2.96. The largest absolute Gasteiger partial charge is 0.496 e. The number of hydrogen-bond acceptors (Lipinski definition) is 3. The number of amides is 1. The van der Waals surface area contributed by atoms with E-state index in [9.17, 15) is 9.18 Å². The lowest BCUT2D eigenvalue weighted by molar-refractivity contribution is 0.0933. The molecule has 4 rings (SSSR count). The minimum absolute atomic E-state index is 0.0324. The van der Waals surface area contributed by atoms with Crippen LogP contribution in [0.5, 0.6) is 5.75 Å². The first-order chi connectivity index (χ1) is 14.6. The molecule has 154 valence electrons. The van der Waals surface area contributed by atoms with Gasteiger partial charge in [0.25, 0.3) is 5.91 Å². The molecule has 1 aliphatic heterocycles. The number of nitrogens with zero attached hydrogens (tertiary/aromatic N) is 1. The number of nitrogens with one attached hydrogen (secondary N) is 1. The van der Waals surface area contributed by atoms with Gasteiger partial charge in [-0.1, -0.05) is 54.6 Å². The molecule has 3 aromatic rings. The molecule has 0 aliphatic carbocycles. The van der Waals surface area contributed by atoms with Crippen molar-refractivity contribution in [2.45, 2.75) is 19.0 Å². The molecule has 0 radical (unpaired) electrons. The highest BCUT2D eigenvalue weighted by molar-refractivity contribution is 5.94. The Labute approximate surface area is 176 Å². The molecule has 1 atom stereocenters. The first kappa shape index (κ1) is 20.1. The maximum atomic E-state index is 13.8. The van der Waals surface area contributed by atoms with E-state index in [0.29, 0.717) is 0 Å². The molecule has 1 aliphatic rings. The summed E-state index contributed by atoms with van der Waals surface area (Å²) in [6.45, 7) is 2.48. The Bertz CT molecular complexity index is 1020. The van der Waals surface area contributed by atoms with Crippen molar-refractivity contribution in [1.82, 2.24) is 10.2 Å². The number of methoxy groups -OCH3 is 1. The molecule has 0 spiro atoms. The summed E-state index contributed by atoms with van der Waals surface area (Å²) in [5.41, 5.74) is 3.51. The second kappa shape index (κ2) is 9.09. The Kier molecular flexibility index (Phi) is 6.10. The first-order valence-electron chi connectivity index (χ1n) is 10.1. The van der Waals surface area contributed by atoms with E-state index in [1.807, 2.05) is 18.2 Å². The molecular formula is C25H25FN2O2. The van der Waals surface area contributed by atoms with E-state index in [1.165, 1.54) is 17.7 Å². The number of benzene rings is 3. The third-order valence-corrected chi connectivity index (χ3v) is 5.50. The van der Waals surface area contributed by atoms with E-state index in [4.69, 9.17) is 4.74 Å². The fourth-order valence-electron chi connectivity index (χ4n) is 3.93. The number of rotatable bonds is 6. The lowest BCUT2D eigenvalue weighted by atomic mass is 10.0. The van der Waals surface area contributed by atoms with Crippen LogP contribution in [0.15, 0.2) is 72.8 Å². The van der Waals surface area contributed by atoms with Crippen molar-refractivity contribution in [2.75, 3.05) is 20.2 Å². The summed E-state index contributed by atoms with van der Waals surface area (Å²) >= 11 is 0. The van der Waals surface area contributed by atoms with Gasteiger partial charge in [0, 0.05) is 31.2 Å². The van der Waals surface area contributed by atoms with Crippen molar-refractivity contribution in [3.63, 3.8) is 0 Å². The molecule has 1 heterocycles. The Morgan fingerprint density at radius 1 is 1.07 bits per heavy atom. The smallest absolute Gasteiger partial charge is 0.254 e. The van der Waals surface area contributed by atoms with Gasteiger partial charge in [-0.15, -0.1) is 0 Å². The van der Waals surface area contributed by atoms with E-state index in [-0.39, 0.29) is 17.5 Å². The topological polar surface area (TPSA) is 41.6 Å². The fourth-order valence-corrected chi connectivity index (χ4v) is 3.93. The number of para-hydroxylation sites is 1.